The van der Waals surface area contributed by atoms with Crippen molar-refractivity contribution in [2.75, 3.05) is 31.1 Å². The summed E-state index contributed by atoms with van der Waals surface area (Å²) in [6, 6.07) is 13.9. The van der Waals surface area contributed by atoms with Crippen LogP contribution in [0.25, 0.3) is 0 Å². The van der Waals surface area contributed by atoms with Crippen LogP contribution in [0.15, 0.2) is 48.7 Å². The van der Waals surface area contributed by atoms with E-state index in [0.29, 0.717) is 17.7 Å². The van der Waals surface area contributed by atoms with E-state index in [1.165, 1.54) is 12.8 Å². The van der Waals surface area contributed by atoms with E-state index in [1.54, 1.807) is 6.20 Å². The number of nitrogens with zero attached hydrogens (tertiary/aromatic N) is 2. The summed E-state index contributed by atoms with van der Waals surface area (Å²) in [6.45, 7) is 4.87. The molecule has 2 aliphatic heterocycles. The van der Waals surface area contributed by atoms with Gasteiger partial charge in [0.05, 0.1) is 0 Å². The van der Waals surface area contributed by atoms with Gasteiger partial charge in [-0.05, 0) is 37.1 Å². The molecule has 2 fully saturated rings. The lowest BCUT2D eigenvalue weighted by Crippen LogP contribution is -2.29. The molecule has 5 nitrogen and oxygen atoms in total. The number of hydrogen-bond donors (Lipinski definition) is 2. The maximum absolute atomic E-state index is 12.4. The summed E-state index contributed by atoms with van der Waals surface area (Å²) in [6.07, 6.45) is 4.21. The molecule has 0 aliphatic carbocycles. The van der Waals surface area contributed by atoms with Gasteiger partial charge in [-0.2, -0.15) is 0 Å². The largest absolute Gasteiger partial charge is 0.371 e. The Morgan fingerprint density at radius 3 is 2.92 bits per heavy atom. The van der Waals surface area contributed by atoms with Crippen LogP contribution in [0, 0.1) is 5.41 Å². The van der Waals surface area contributed by atoms with Crippen molar-refractivity contribution in [3.8, 4) is 0 Å². The average molecular weight is 336 g/mol. The number of nitrogens with one attached hydrogen (secondary N) is 2. The molecule has 1 amide bonds. The lowest BCUT2D eigenvalue weighted by Gasteiger charge is -2.24. The Labute approximate surface area is 148 Å². The van der Waals surface area contributed by atoms with Crippen LogP contribution < -0.4 is 15.5 Å². The number of benzene rings is 1. The normalized spacial score (nSPS) is 22.5. The van der Waals surface area contributed by atoms with E-state index in [9.17, 15) is 4.79 Å². The van der Waals surface area contributed by atoms with Crippen LogP contribution in [0.3, 0.4) is 0 Å². The molecule has 1 aromatic heterocycles. The number of amides is 1. The zero-order valence-electron chi connectivity index (χ0n) is 14.4. The average Bonchev–Trinajstić information content (AvgIpc) is 3.31. The molecular weight excluding hydrogens is 312 g/mol. The highest BCUT2D eigenvalue weighted by molar-refractivity contribution is 5.93. The number of pyridine rings is 1. The highest BCUT2D eigenvalue weighted by Crippen LogP contribution is 2.38. The second-order valence-electron chi connectivity index (χ2n) is 7.17. The first kappa shape index (κ1) is 16.1. The lowest BCUT2D eigenvalue weighted by atomic mass is 9.86. The highest BCUT2D eigenvalue weighted by Gasteiger charge is 2.40. The van der Waals surface area contributed by atoms with Gasteiger partial charge in [0, 0.05) is 43.5 Å². The van der Waals surface area contributed by atoms with Crippen LogP contribution in [-0.2, 0) is 6.54 Å². The molecule has 5 heteroatoms. The Bertz CT molecular complexity index is 740. The summed E-state index contributed by atoms with van der Waals surface area (Å²) >= 11 is 0. The van der Waals surface area contributed by atoms with Crippen LogP contribution in [0.5, 0.6) is 0 Å². The molecule has 1 atom stereocenters. The van der Waals surface area contributed by atoms with E-state index in [0.717, 1.165) is 37.4 Å². The second kappa shape index (κ2) is 6.84. The fraction of sp³-hybridized carbons (Fsp3) is 0.400. The van der Waals surface area contributed by atoms with Gasteiger partial charge in [0.25, 0.3) is 5.91 Å². The third-order valence-corrected chi connectivity index (χ3v) is 5.41. The molecule has 25 heavy (non-hydrogen) atoms. The summed E-state index contributed by atoms with van der Waals surface area (Å²) < 4.78 is 0. The van der Waals surface area contributed by atoms with Gasteiger partial charge in [-0.25, -0.2) is 0 Å². The predicted molar refractivity (Wildman–Crippen MR) is 98.6 cm³/mol. The number of carbonyl (C=O) groups excluding carboxylic acids is 1. The Balaban J connectivity index is 1.42. The fourth-order valence-electron chi connectivity index (χ4n) is 3.91. The molecular formula is C20H24N4O. The van der Waals surface area contributed by atoms with Gasteiger partial charge in [0.15, 0.2) is 0 Å². The molecule has 2 saturated heterocycles. The van der Waals surface area contributed by atoms with Crippen LogP contribution in [0.2, 0.25) is 0 Å². The van der Waals surface area contributed by atoms with Crippen molar-refractivity contribution in [2.24, 2.45) is 5.41 Å². The van der Waals surface area contributed by atoms with E-state index < -0.39 is 0 Å². The van der Waals surface area contributed by atoms with Crippen molar-refractivity contribution in [1.29, 1.82) is 0 Å². The molecule has 2 aliphatic rings. The summed E-state index contributed by atoms with van der Waals surface area (Å²) in [4.78, 5) is 19.1. The number of anilines is 1. The van der Waals surface area contributed by atoms with Crippen LogP contribution >= 0.6 is 0 Å². The van der Waals surface area contributed by atoms with Gasteiger partial charge < -0.3 is 15.5 Å². The van der Waals surface area contributed by atoms with Crippen molar-refractivity contribution >= 4 is 11.6 Å². The second-order valence-corrected chi connectivity index (χ2v) is 7.17. The van der Waals surface area contributed by atoms with Crippen molar-refractivity contribution in [1.82, 2.24) is 15.6 Å². The molecule has 3 heterocycles. The smallest absolute Gasteiger partial charge is 0.270 e. The lowest BCUT2D eigenvalue weighted by molar-refractivity contribution is 0.0946. The molecule has 130 valence electrons. The van der Waals surface area contributed by atoms with Gasteiger partial charge in [0.2, 0.25) is 0 Å². The standard InChI is InChI=1S/C20H24N4O/c25-19(23-13-16-4-2-1-3-5-16)18-12-17(6-9-22-18)24-11-8-20(15-24)7-10-21-14-20/h1-6,9,12,21H,7-8,10-11,13-15H2,(H,23,25). The van der Waals surface area contributed by atoms with Crippen molar-refractivity contribution in [3.63, 3.8) is 0 Å². The third kappa shape index (κ3) is 3.51. The fourth-order valence-corrected chi connectivity index (χ4v) is 3.91. The van der Waals surface area contributed by atoms with Crippen molar-refractivity contribution in [3.05, 3.63) is 59.9 Å². The first-order valence-electron chi connectivity index (χ1n) is 8.98. The van der Waals surface area contributed by atoms with Crippen molar-refractivity contribution in [2.45, 2.75) is 19.4 Å². The van der Waals surface area contributed by atoms with Crippen LogP contribution in [0.4, 0.5) is 5.69 Å². The summed E-state index contributed by atoms with van der Waals surface area (Å²) in [7, 11) is 0. The molecule has 0 bridgehead atoms. The summed E-state index contributed by atoms with van der Waals surface area (Å²) in [5.74, 6) is -0.123. The molecule has 0 saturated carbocycles. The van der Waals surface area contributed by atoms with E-state index in [-0.39, 0.29) is 5.91 Å². The van der Waals surface area contributed by atoms with Gasteiger partial charge in [-0.3, -0.25) is 9.78 Å². The van der Waals surface area contributed by atoms with Crippen LogP contribution in [-0.4, -0.2) is 37.1 Å². The van der Waals surface area contributed by atoms with Gasteiger partial charge in [-0.15, -0.1) is 0 Å². The molecule has 2 N–H and O–H groups in total. The van der Waals surface area contributed by atoms with Gasteiger partial charge in [-0.1, -0.05) is 30.3 Å². The van der Waals surface area contributed by atoms with Gasteiger partial charge >= 0.3 is 0 Å². The Kier molecular flexibility index (Phi) is 4.40. The maximum atomic E-state index is 12.4. The Morgan fingerprint density at radius 1 is 1.24 bits per heavy atom. The van der Waals surface area contributed by atoms with E-state index in [1.807, 2.05) is 42.5 Å². The zero-order valence-corrected chi connectivity index (χ0v) is 14.4. The molecule has 1 spiro atoms. The molecule has 2 aromatic rings. The topological polar surface area (TPSA) is 57.3 Å². The van der Waals surface area contributed by atoms with E-state index in [2.05, 4.69) is 20.5 Å². The number of carbonyl (C=O) groups is 1. The molecule has 4 rings (SSSR count). The molecule has 0 radical (unpaired) electrons. The first-order chi connectivity index (χ1) is 12.2. The number of hydrogen-bond acceptors (Lipinski definition) is 4. The summed E-state index contributed by atoms with van der Waals surface area (Å²) in [5.41, 5.74) is 3.09. The van der Waals surface area contributed by atoms with E-state index >= 15 is 0 Å². The Hall–Kier alpha value is -2.40. The predicted octanol–water partition coefficient (Wildman–Crippen LogP) is 2.20. The highest BCUT2D eigenvalue weighted by atomic mass is 16.1. The number of rotatable bonds is 4. The minimum Gasteiger partial charge on any atom is -0.371 e. The van der Waals surface area contributed by atoms with Crippen LogP contribution in [0.1, 0.15) is 28.9 Å². The van der Waals surface area contributed by atoms with Crippen molar-refractivity contribution < 1.29 is 4.79 Å². The Morgan fingerprint density at radius 2 is 2.12 bits per heavy atom. The SMILES string of the molecule is O=C(NCc1ccccc1)c1cc(N2CCC3(CCNC3)C2)ccn1. The number of aromatic nitrogens is 1. The monoisotopic (exact) mass is 336 g/mol. The van der Waals surface area contributed by atoms with E-state index in [4.69, 9.17) is 0 Å². The summed E-state index contributed by atoms with van der Waals surface area (Å²) in [5, 5.41) is 6.44. The molecule has 1 unspecified atom stereocenters. The first-order valence-corrected chi connectivity index (χ1v) is 8.98. The maximum Gasteiger partial charge on any atom is 0.270 e. The quantitative estimate of drug-likeness (QED) is 0.899. The molecule has 1 aromatic carbocycles. The van der Waals surface area contributed by atoms with Gasteiger partial charge in [0.1, 0.15) is 5.69 Å². The zero-order chi connectivity index (χ0) is 17.1. The third-order valence-electron chi connectivity index (χ3n) is 5.41. The minimum absolute atomic E-state index is 0.123. The minimum atomic E-state index is -0.123.